The summed E-state index contributed by atoms with van der Waals surface area (Å²) in [5.74, 6) is 0.218. The van der Waals surface area contributed by atoms with Crippen molar-refractivity contribution in [3.63, 3.8) is 0 Å². The topological polar surface area (TPSA) is 30.5 Å². The van der Waals surface area contributed by atoms with Gasteiger partial charge in [-0.1, -0.05) is 17.7 Å². The second-order valence-electron chi connectivity index (χ2n) is 3.66. The number of methoxy groups -OCH3 is 1. The molecule has 0 fully saturated rings. The highest BCUT2D eigenvalue weighted by atomic mass is 19.3. The molecule has 0 amide bonds. The maximum Gasteiger partial charge on any atom is 0.387 e. The first-order valence-electron chi connectivity index (χ1n) is 5.37. The Labute approximate surface area is 99.7 Å². The van der Waals surface area contributed by atoms with Gasteiger partial charge in [-0.2, -0.15) is 8.78 Å². The number of alkyl halides is 2. The molecular formula is C12H17F2NO2. The van der Waals surface area contributed by atoms with E-state index in [4.69, 9.17) is 4.74 Å². The van der Waals surface area contributed by atoms with Crippen LogP contribution >= 0.6 is 0 Å². The number of hydrogen-bond donors (Lipinski definition) is 1. The van der Waals surface area contributed by atoms with Crippen molar-refractivity contribution in [2.24, 2.45) is 0 Å². The summed E-state index contributed by atoms with van der Waals surface area (Å²) >= 11 is 0. The lowest BCUT2D eigenvalue weighted by Gasteiger charge is -2.12. The molecule has 0 saturated heterocycles. The van der Waals surface area contributed by atoms with Crippen LogP contribution in [-0.2, 0) is 11.3 Å². The van der Waals surface area contributed by atoms with Crippen molar-refractivity contribution >= 4 is 0 Å². The van der Waals surface area contributed by atoms with Crippen LogP contribution in [0.25, 0.3) is 0 Å². The highest BCUT2D eigenvalue weighted by molar-refractivity contribution is 5.36. The minimum absolute atomic E-state index is 0.218. The van der Waals surface area contributed by atoms with Crippen molar-refractivity contribution in [2.75, 3.05) is 20.3 Å². The van der Waals surface area contributed by atoms with E-state index < -0.39 is 6.61 Å². The van der Waals surface area contributed by atoms with Gasteiger partial charge >= 0.3 is 6.61 Å². The molecule has 0 atom stereocenters. The molecule has 1 aromatic carbocycles. The smallest absolute Gasteiger partial charge is 0.387 e. The molecule has 0 aromatic heterocycles. The van der Waals surface area contributed by atoms with Crippen molar-refractivity contribution in [1.29, 1.82) is 0 Å². The van der Waals surface area contributed by atoms with Crippen molar-refractivity contribution in [3.8, 4) is 5.75 Å². The Morgan fingerprint density at radius 3 is 2.76 bits per heavy atom. The van der Waals surface area contributed by atoms with E-state index in [0.29, 0.717) is 19.7 Å². The van der Waals surface area contributed by atoms with Crippen molar-refractivity contribution in [2.45, 2.75) is 20.1 Å². The van der Waals surface area contributed by atoms with Crippen LogP contribution in [0.1, 0.15) is 11.1 Å². The fourth-order valence-electron chi connectivity index (χ4n) is 1.45. The van der Waals surface area contributed by atoms with E-state index in [1.807, 2.05) is 13.0 Å². The maximum atomic E-state index is 12.2. The van der Waals surface area contributed by atoms with Crippen molar-refractivity contribution in [3.05, 3.63) is 29.3 Å². The van der Waals surface area contributed by atoms with Gasteiger partial charge in [-0.25, -0.2) is 0 Å². The van der Waals surface area contributed by atoms with Gasteiger partial charge in [0.2, 0.25) is 0 Å². The Bertz CT molecular complexity index is 345. The third-order valence-corrected chi connectivity index (χ3v) is 2.23. The monoisotopic (exact) mass is 245 g/mol. The van der Waals surface area contributed by atoms with Gasteiger partial charge < -0.3 is 14.8 Å². The number of benzene rings is 1. The van der Waals surface area contributed by atoms with Gasteiger partial charge in [0, 0.05) is 25.8 Å². The highest BCUT2D eigenvalue weighted by Gasteiger charge is 2.09. The first-order chi connectivity index (χ1) is 8.13. The molecule has 1 rings (SSSR count). The largest absolute Gasteiger partial charge is 0.434 e. The summed E-state index contributed by atoms with van der Waals surface area (Å²) in [7, 11) is 1.61. The Morgan fingerprint density at radius 1 is 1.35 bits per heavy atom. The number of rotatable bonds is 7. The molecule has 0 aliphatic rings. The summed E-state index contributed by atoms with van der Waals surface area (Å²) in [6.45, 7) is 0.836. The number of halogens is 2. The quantitative estimate of drug-likeness (QED) is 0.748. The highest BCUT2D eigenvalue weighted by Crippen LogP contribution is 2.21. The molecule has 5 heteroatoms. The standard InChI is InChI=1S/C12H17F2NO2/c1-9-3-4-11(17-12(13)14)10(7-9)8-15-5-6-16-2/h3-4,7,12,15H,5-6,8H2,1-2H3. The molecule has 0 spiro atoms. The first-order valence-corrected chi connectivity index (χ1v) is 5.37. The molecule has 3 nitrogen and oxygen atoms in total. The van der Waals surface area contributed by atoms with Gasteiger partial charge in [0.05, 0.1) is 6.61 Å². The van der Waals surface area contributed by atoms with Gasteiger partial charge in [-0.05, 0) is 13.0 Å². The number of hydrogen-bond acceptors (Lipinski definition) is 3. The zero-order valence-electron chi connectivity index (χ0n) is 10.0. The van der Waals surface area contributed by atoms with Crippen LogP contribution in [0.4, 0.5) is 8.78 Å². The molecule has 0 aliphatic carbocycles. The van der Waals surface area contributed by atoms with Gasteiger partial charge in [-0.3, -0.25) is 0 Å². The lowest BCUT2D eigenvalue weighted by molar-refractivity contribution is -0.0505. The minimum atomic E-state index is -2.80. The fraction of sp³-hybridized carbons (Fsp3) is 0.500. The molecule has 0 aliphatic heterocycles. The molecule has 17 heavy (non-hydrogen) atoms. The Kier molecular flexibility index (Phi) is 5.86. The molecule has 0 heterocycles. The normalized spacial score (nSPS) is 10.9. The zero-order valence-corrected chi connectivity index (χ0v) is 10.0. The van der Waals surface area contributed by atoms with E-state index in [0.717, 1.165) is 11.1 Å². The van der Waals surface area contributed by atoms with Crippen molar-refractivity contribution in [1.82, 2.24) is 5.32 Å². The summed E-state index contributed by atoms with van der Waals surface area (Å²) in [5, 5.41) is 3.09. The lowest BCUT2D eigenvalue weighted by atomic mass is 10.1. The molecule has 1 N–H and O–H groups in total. The second kappa shape index (κ2) is 7.19. The van der Waals surface area contributed by atoms with Crippen LogP contribution in [0.3, 0.4) is 0 Å². The van der Waals surface area contributed by atoms with E-state index in [1.165, 1.54) is 0 Å². The summed E-state index contributed by atoms with van der Waals surface area (Å²) in [6.07, 6.45) is 0. The minimum Gasteiger partial charge on any atom is -0.434 e. The van der Waals surface area contributed by atoms with Gasteiger partial charge in [-0.15, -0.1) is 0 Å². The molecule has 1 aromatic rings. The third-order valence-electron chi connectivity index (χ3n) is 2.23. The van der Waals surface area contributed by atoms with E-state index in [2.05, 4.69) is 10.1 Å². The molecule has 0 bridgehead atoms. The SMILES string of the molecule is COCCNCc1cc(C)ccc1OC(F)F. The number of aryl methyl sites for hydroxylation is 1. The first kappa shape index (κ1) is 13.9. The predicted octanol–water partition coefficient (Wildman–Crippen LogP) is 2.33. The van der Waals surface area contributed by atoms with Crippen LogP contribution in [0.15, 0.2) is 18.2 Å². The fourth-order valence-corrected chi connectivity index (χ4v) is 1.45. The molecule has 0 saturated carbocycles. The van der Waals surface area contributed by atoms with Crippen LogP contribution in [0, 0.1) is 6.92 Å². The van der Waals surface area contributed by atoms with Gasteiger partial charge in [0.1, 0.15) is 5.75 Å². The van der Waals surface area contributed by atoms with E-state index in [-0.39, 0.29) is 5.75 Å². The summed E-state index contributed by atoms with van der Waals surface area (Å²) in [6, 6.07) is 5.14. The van der Waals surface area contributed by atoms with Crippen LogP contribution in [-0.4, -0.2) is 26.9 Å². The van der Waals surface area contributed by atoms with Crippen LogP contribution < -0.4 is 10.1 Å². The Morgan fingerprint density at radius 2 is 2.12 bits per heavy atom. The van der Waals surface area contributed by atoms with E-state index in [9.17, 15) is 8.78 Å². The summed E-state index contributed by atoms with van der Waals surface area (Å²) in [4.78, 5) is 0. The van der Waals surface area contributed by atoms with E-state index in [1.54, 1.807) is 19.2 Å². The van der Waals surface area contributed by atoms with Crippen LogP contribution in [0.5, 0.6) is 5.75 Å². The van der Waals surface area contributed by atoms with E-state index >= 15 is 0 Å². The lowest BCUT2D eigenvalue weighted by Crippen LogP contribution is -2.19. The number of nitrogens with one attached hydrogen (secondary N) is 1. The summed E-state index contributed by atoms with van der Waals surface area (Å²) in [5.41, 5.74) is 1.73. The zero-order chi connectivity index (χ0) is 12.7. The average Bonchev–Trinajstić information content (AvgIpc) is 2.27. The van der Waals surface area contributed by atoms with Gasteiger partial charge in [0.25, 0.3) is 0 Å². The number of ether oxygens (including phenoxy) is 2. The molecule has 96 valence electrons. The Hall–Kier alpha value is -1.20. The average molecular weight is 245 g/mol. The molecule has 0 radical (unpaired) electrons. The second-order valence-corrected chi connectivity index (χ2v) is 3.66. The Balaban J connectivity index is 2.63. The predicted molar refractivity (Wildman–Crippen MR) is 61.4 cm³/mol. The maximum absolute atomic E-state index is 12.2. The molecular weight excluding hydrogens is 228 g/mol. The third kappa shape index (κ3) is 5.10. The van der Waals surface area contributed by atoms with Gasteiger partial charge in [0.15, 0.2) is 0 Å². The van der Waals surface area contributed by atoms with Crippen LogP contribution in [0.2, 0.25) is 0 Å². The summed E-state index contributed by atoms with van der Waals surface area (Å²) < 4.78 is 33.7. The van der Waals surface area contributed by atoms with Crippen molar-refractivity contribution < 1.29 is 18.3 Å². The molecule has 0 unspecified atom stereocenters.